The number of benzene rings is 2. The molecule has 0 atom stereocenters. The van der Waals surface area contributed by atoms with E-state index in [4.69, 9.17) is 10.00 Å². The number of phenols is 2. The number of rotatable bonds is 6. The van der Waals surface area contributed by atoms with E-state index < -0.39 is 0 Å². The summed E-state index contributed by atoms with van der Waals surface area (Å²) in [6.45, 7) is 4.81. The number of carbonyl (C=O) groups excluding carboxylic acids is 1. The van der Waals surface area contributed by atoms with E-state index in [2.05, 4.69) is 16.4 Å². The van der Waals surface area contributed by atoms with Gasteiger partial charge in [0, 0.05) is 11.6 Å². The molecule has 9 heteroatoms. The highest BCUT2D eigenvalue weighted by Gasteiger charge is 2.29. The molecule has 2 N–H and O–H groups in total. The van der Waals surface area contributed by atoms with Crippen molar-refractivity contribution in [1.29, 1.82) is 5.26 Å². The van der Waals surface area contributed by atoms with E-state index in [1.54, 1.807) is 35.2 Å². The summed E-state index contributed by atoms with van der Waals surface area (Å²) in [6, 6.07) is 11.9. The minimum atomic E-state index is -0.110. The zero-order chi connectivity index (χ0) is 22.8. The Labute approximate surface area is 185 Å². The lowest BCUT2D eigenvalue weighted by atomic mass is 9.97. The fourth-order valence-electron chi connectivity index (χ4n) is 3.70. The molecular weight excluding hydrogens is 410 g/mol. The molecule has 32 heavy (non-hydrogen) atoms. The maximum Gasteiger partial charge on any atom is 0.244 e. The molecule has 9 nitrogen and oxygen atoms in total. The van der Waals surface area contributed by atoms with Gasteiger partial charge in [-0.2, -0.15) is 5.26 Å². The van der Waals surface area contributed by atoms with E-state index in [0.717, 1.165) is 0 Å². The maximum absolute atomic E-state index is 12.6. The van der Waals surface area contributed by atoms with Gasteiger partial charge in [0.1, 0.15) is 36.1 Å². The molecule has 0 saturated carbocycles. The second-order valence-electron chi connectivity index (χ2n) is 7.93. The smallest absolute Gasteiger partial charge is 0.244 e. The molecule has 1 aromatic heterocycles. The number of hydrogen-bond acceptors (Lipinski definition) is 7. The second-order valence-corrected chi connectivity index (χ2v) is 7.93. The van der Waals surface area contributed by atoms with Crippen LogP contribution in [0.4, 0.5) is 0 Å². The molecule has 0 spiro atoms. The van der Waals surface area contributed by atoms with Crippen LogP contribution in [0.25, 0.3) is 11.3 Å². The fraction of sp³-hybridized carbons (Fsp3) is 0.304. The minimum absolute atomic E-state index is 0.0247. The third-order valence-electron chi connectivity index (χ3n) is 5.43. The number of nitrogens with zero attached hydrogens (tertiary/aromatic N) is 5. The van der Waals surface area contributed by atoms with Gasteiger partial charge in [0.2, 0.25) is 5.91 Å². The lowest BCUT2D eigenvalue weighted by molar-refractivity contribution is -0.134. The Morgan fingerprint density at radius 2 is 2.00 bits per heavy atom. The first kappa shape index (κ1) is 21.2. The summed E-state index contributed by atoms with van der Waals surface area (Å²) in [6.07, 6.45) is 0. The van der Waals surface area contributed by atoms with Crippen molar-refractivity contribution >= 4 is 5.91 Å². The van der Waals surface area contributed by atoms with Crippen LogP contribution in [-0.2, 0) is 17.9 Å². The van der Waals surface area contributed by atoms with Crippen molar-refractivity contribution in [3.8, 4) is 34.6 Å². The number of carbonyl (C=O) groups is 1. The van der Waals surface area contributed by atoms with Crippen LogP contribution >= 0.6 is 0 Å². The van der Waals surface area contributed by atoms with Crippen LogP contribution in [0.15, 0.2) is 36.4 Å². The van der Waals surface area contributed by atoms with Crippen LogP contribution < -0.4 is 4.74 Å². The predicted octanol–water partition coefficient (Wildman–Crippen LogP) is 2.77. The van der Waals surface area contributed by atoms with Crippen molar-refractivity contribution in [3.63, 3.8) is 0 Å². The number of aromatic hydroxyl groups is 2. The van der Waals surface area contributed by atoms with Gasteiger partial charge >= 0.3 is 0 Å². The molecule has 0 radical (unpaired) electrons. The van der Waals surface area contributed by atoms with E-state index in [1.165, 1.54) is 10.7 Å². The topological polar surface area (TPSA) is 124 Å². The van der Waals surface area contributed by atoms with Crippen LogP contribution in [-0.4, -0.2) is 49.2 Å². The third-order valence-corrected chi connectivity index (χ3v) is 5.43. The number of amides is 1. The van der Waals surface area contributed by atoms with Crippen LogP contribution in [0, 0.1) is 11.3 Å². The molecule has 0 aliphatic carbocycles. The van der Waals surface area contributed by atoms with Crippen molar-refractivity contribution in [2.45, 2.75) is 32.9 Å². The number of aromatic nitrogens is 3. The van der Waals surface area contributed by atoms with E-state index in [0.29, 0.717) is 40.4 Å². The van der Waals surface area contributed by atoms with E-state index in [9.17, 15) is 15.0 Å². The fourth-order valence-corrected chi connectivity index (χ4v) is 3.70. The quantitative estimate of drug-likeness (QED) is 0.612. The van der Waals surface area contributed by atoms with Crippen molar-refractivity contribution in [1.82, 2.24) is 19.9 Å². The van der Waals surface area contributed by atoms with E-state index in [-0.39, 0.29) is 43.0 Å². The lowest BCUT2D eigenvalue weighted by Crippen LogP contribution is -2.41. The summed E-state index contributed by atoms with van der Waals surface area (Å²) in [5, 5.41) is 37.9. The number of hydrogen-bond donors (Lipinski definition) is 2. The Kier molecular flexibility index (Phi) is 5.69. The maximum atomic E-state index is 12.6. The number of nitriles is 1. The van der Waals surface area contributed by atoms with E-state index in [1.807, 2.05) is 13.8 Å². The van der Waals surface area contributed by atoms with Gasteiger partial charge in [-0.1, -0.05) is 25.1 Å². The van der Waals surface area contributed by atoms with Gasteiger partial charge in [-0.3, -0.25) is 4.79 Å². The highest BCUT2D eigenvalue weighted by molar-refractivity contribution is 5.79. The monoisotopic (exact) mass is 433 g/mol. The lowest BCUT2D eigenvalue weighted by Gasteiger charge is -2.27. The van der Waals surface area contributed by atoms with E-state index >= 15 is 0 Å². The zero-order valence-electron chi connectivity index (χ0n) is 17.8. The first-order valence-electron chi connectivity index (χ1n) is 10.3. The largest absolute Gasteiger partial charge is 0.508 e. The van der Waals surface area contributed by atoms with Gasteiger partial charge < -0.3 is 19.8 Å². The van der Waals surface area contributed by atoms with Gasteiger partial charge in [-0.25, -0.2) is 4.68 Å². The second kappa shape index (κ2) is 8.59. The molecule has 2 heterocycles. The van der Waals surface area contributed by atoms with Gasteiger partial charge in [0.25, 0.3) is 0 Å². The highest BCUT2D eigenvalue weighted by Crippen LogP contribution is 2.38. The molecule has 0 unspecified atom stereocenters. The normalized spacial score (nSPS) is 13.2. The third kappa shape index (κ3) is 4.07. The van der Waals surface area contributed by atoms with Crippen LogP contribution in [0.1, 0.15) is 36.6 Å². The molecule has 4 rings (SSSR count). The van der Waals surface area contributed by atoms with Crippen LogP contribution in [0.2, 0.25) is 0 Å². The molecule has 1 amide bonds. The van der Waals surface area contributed by atoms with Crippen LogP contribution in [0.5, 0.6) is 17.2 Å². The summed E-state index contributed by atoms with van der Waals surface area (Å²) in [5.41, 5.74) is 2.84. The zero-order valence-corrected chi connectivity index (χ0v) is 17.8. The van der Waals surface area contributed by atoms with Gasteiger partial charge in [-0.15, -0.1) is 5.10 Å². The number of phenolic OH excluding ortho intramolecular Hbond substituents is 2. The molecule has 0 bridgehead atoms. The van der Waals surface area contributed by atoms with Gasteiger partial charge in [0.05, 0.1) is 30.4 Å². The first-order valence-corrected chi connectivity index (χ1v) is 10.3. The summed E-state index contributed by atoms with van der Waals surface area (Å²) in [7, 11) is 0. The Balaban J connectivity index is 1.53. The Morgan fingerprint density at radius 1 is 1.19 bits per heavy atom. The highest BCUT2D eigenvalue weighted by atomic mass is 16.5. The molecule has 0 fully saturated rings. The molecule has 0 saturated heterocycles. The Hall–Kier alpha value is -4.06. The summed E-state index contributed by atoms with van der Waals surface area (Å²) < 4.78 is 7.24. The van der Waals surface area contributed by atoms with Crippen LogP contribution in [0.3, 0.4) is 0 Å². The number of fused-ring (bicyclic) bond motifs is 1. The average molecular weight is 433 g/mol. The molecule has 2 aromatic carbocycles. The molecule has 1 aliphatic heterocycles. The van der Waals surface area contributed by atoms with Crippen molar-refractivity contribution in [3.05, 3.63) is 53.2 Å². The van der Waals surface area contributed by atoms with Gasteiger partial charge in [0.15, 0.2) is 0 Å². The summed E-state index contributed by atoms with van der Waals surface area (Å²) in [4.78, 5) is 14.2. The minimum Gasteiger partial charge on any atom is -0.508 e. The van der Waals surface area contributed by atoms with Gasteiger partial charge in [-0.05, 0) is 35.7 Å². The first-order chi connectivity index (χ1) is 15.4. The molecule has 1 aliphatic rings. The Morgan fingerprint density at radius 3 is 2.75 bits per heavy atom. The van der Waals surface area contributed by atoms with Crippen molar-refractivity contribution in [2.75, 3.05) is 13.2 Å². The predicted molar refractivity (Wildman–Crippen MR) is 115 cm³/mol. The van der Waals surface area contributed by atoms with Crippen molar-refractivity contribution < 1.29 is 19.7 Å². The summed E-state index contributed by atoms with van der Waals surface area (Å²) in [5.74, 6) is 0.434. The number of ether oxygens (including phenoxy) is 1. The average Bonchev–Trinajstić information content (AvgIpc) is 3.16. The molecule has 164 valence electrons. The molecule has 3 aromatic rings. The molecular formula is C23H23N5O4. The van der Waals surface area contributed by atoms with Crippen molar-refractivity contribution in [2.24, 2.45) is 0 Å². The SMILES string of the molecule is CC(C)c1cc(-c2nnn3c2CN(CCOc2cccc(C#N)c2)C(=O)C3)c(O)cc1O. The standard InChI is InChI=1S/C23H23N5O4/c1-14(2)17-9-18(21(30)10-20(17)29)23-19-12-27(22(31)13-28(19)26-25-23)6-7-32-16-5-3-4-15(8-16)11-24/h3-5,8-10,14,29-30H,6-7,12-13H2,1-2H3. The Bertz CT molecular complexity index is 1210. The summed E-state index contributed by atoms with van der Waals surface area (Å²) >= 11 is 0.